The number of halogens is 1. The van der Waals surface area contributed by atoms with Crippen molar-refractivity contribution in [3.05, 3.63) is 64.0 Å². The van der Waals surface area contributed by atoms with Crippen LogP contribution in [0.2, 0.25) is 0 Å². The number of rotatable bonds is 2. The Bertz CT molecular complexity index is 665. The molecule has 0 radical (unpaired) electrons. The zero-order chi connectivity index (χ0) is 13.1. The number of nitro benzene ring substituents is 1. The van der Waals surface area contributed by atoms with Crippen molar-refractivity contribution in [1.82, 2.24) is 4.98 Å². The fourth-order valence-corrected chi connectivity index (χ4v) is 1.53. The molecule has 2 aromatic rings. The Balaban J connectivity index is 2.57. The standard InChI is InChI=1S/C12H6FN3O2/c1-14-11-4-5-15-7-9(11)8-2-3-12(16(17)18)10(13)6-8/h2-7H. The monoisotopic (exact) mass is 243 g/mol. The average molecular weight is 243 g/mol. The molecule has 1 heterocycles. The van der Waals surface area contributed by atoms with Crippen LogP contribution in [-0.2, 0) is 0 Å². The second kappa shape index (κ2) is 4.59. The maximum absolute atomic E-state index is 13.5. The van der Waals surface area contributed by atoms with Crippen LogP contribution >= 0.6 is 0 Å². The van der Waals surface area contributed by atoms with Gasteiger partial charge in [0.25, 0.3) is 0 Å². The molecule has 18 heavy (non-hydrogen) atoms. The highest BCUT2D eigenvalue weighted by atomic mass is 19.1. The third-order valence-electron chi connectivity index (χ3n) is 2.37. The summed E-state index contributed by atoms with van der Waals surface area (Å²) in [5.41, 5.74) is 0.559. The van der Waals surface area contributed by atoms with Crippen LogP contribution < -0.4 is 0 Å². The van der Waals surface area contributed by atoms with Crippen molar-refractivity contribution in [2.24, 2.45) is 0 Å². The van der Waals surface area contributed by atoms with Crippen molar-refractivity contribution in [1.29, 1.82) is 0 Å². The average Bonchev–Trinajstić information content (AvgIpc) is 2.38. The highest BCUT2D eigenvalue weighted by Gasteiger charge is 2.15. The minimum Gasteiger partial charge on any atom is -0.267 e. The molecule has 88 valence electrons. The molecular formula is C12H6FN3O2. The van der Waals surface area contributed by atoms with Crippen LogP contribution in [0.3, 0.4) is 0 Å². The fourth-order valence-electron chi connectivity index (χ4n) is 1.53. The summed E-state index contributed by atoms with van der Waals surface area (Å²) in [6.07, 6.45) is 2.88. The van der Waals surface area contributed by atoms with Crippen molar-refractivity contribution < 1.29 is 9.31 Å². The Kier molecular flexibility index (Phi) is 2.98. The van der Waals surface area contributed by atoms with Crippen molar-refractivity contribution in [2.45, 2.75) is 0 Å². The molecule has 0 amide bonds. The summed E-state index contributed by atoms with van der Waals surface area (Å²) in [7, 11) is 0. The summed E-state index contributed by atoms with van der Waals surface area (Å²) in [4.78, 5) is 16.8. The molecule has 0 saturated heterocycles. The third-order valence-corrected chi connectivity index (χ3v) is 2.37. The van der Waals surface area contributed by atoms with Gasteiger partial charge in [0.05, 0.1) is 11.5 Å². The van der Waals surface area contributed by atoms with Gasteiger partial charge in [-0.15, -0.1) is 0 Å². The summed E-state index contributed by atoms with van der Waals surface area (Å²) < 4.78 is 13.5. The van der Waals surface area contributed by atoms with E-state index in [2.05, 4.69) is 9.83 Å². The number of pyridine rings is 1. The number of nitrogens with zero attached hydrogens (tertiary/aromatic N) is 3. The lowest BCUT2D eigenvalue weighted by Crippen LogP contribution is -1.92. The normalized spacial score (nSPS) is 9.78. The van der Waals surface area contributed by atoms with E-state index in [9.17, 15) is 14.5 Å². The summed E-state index contributed by atoms with van der Waals surface area (Å²) in [5, 5.41) is 10.5. The van der Waals surface area contributed by atoms with E-state index in [1.807, 2.05) is 0 Å². The van der Waals surface area contributed by atoms with Gasteiger partial charge in [0, 0.05) is 24.0 Å². The van der Waals surface area contributed by atoms with Crippen LogP contribution in [0.25, 0.3) is 16.0 Å². The Labute approximate surface area is 101 Å². The summed E-state index contributed by atoms with van der Waals surface area (Å²) in [5.74, 6) is -0.933. The molecule has 0 unspecified atom stereocenters. The SMILES string of the molecule is [C-]#[N+]c1ccncc1-c1ccc([N+](=O)[O-])c(F)c1. The van der Waals surface area contributed by atoms with E-state index in [1.165, 1.54) is 24.5 Å². The Hall–Kier alpha value is -2.81. The van der Waals surface area contributed by atoms with Crippen LogP contribution in [0.15, 0.2) is 36.7 Å². The van der Waals surface area contributed by atoms with Crippen molar-refractivity contribution in [3.8, 4) is 11.1 Å². The smallest absolute Gasteiger partial charge is 0.267 e. The number of hydrogen-bond donors (Lipinski definition) is 0. The second-order valence-electron chi connectivity index (χ2n) is 3.43. The number of aromatic nitrogens is 1. The predicted molar refractivity (Wildman–Crippen MR) is 62.5 cm³/mol. The summed E-state index contributed by atoms with van der Waals surface area (Å²) in [6, 6.07) is 5.00. The third kappa shape index (κ3) is 2.01. The number of hydrogen-bond acceptors (Lipinski definition) is 3. The maximum Gasteiger partial charge on any atom is 0.304 e. The van der Waals surface area contributed by atoms with Crippen molar-refractivity contribution in [2.75, 3.05) is 0 Å². The van der Waals surface area contributed by atoms with Crippen molar-refractivity contribution >= 4 is 11.4 Å². The zero-order valence-corrected chi connectivity index (χ0v) is 9.00. The molecule has 6 heteroatoms. The molecule has 0 aliphatic heterocycles. The van der Waals surface area contributed by atoms with Crippen LogP contribution in [0.5, 0.6) is 0 Å². The van der Waals surface area contributed by atoms with Gasteiger partial charge < -0.3 is 0 Å². The summed E-state index contributed by atoms with van der Waals surface area (Å²) >= 11 is 0. The Morgan fingerprint density at radius 2 is 2.17 bits per heavy atom. The minimum atomic E-state index is -0.933. The van der Waals surface area contributed by atoms with Gasteiger partial charge in [-0.2, -0.15) is 4.39 Å². The highest BCUT2D eigenvalue weighted by Crippen LogP contribution is 2.31. The lowest BCUT2D eigenvalue weighted by Gasteiger charge is -2.03. The second-order valence-corrected chi connectivity index (χ2v) is 3.43. The minimum absolute atomic E-state index is 0.318. The van der Waals surface area contributed by atoms with Gasteiger partial charge in [-0.3, -0.25) is 15.1 Å². The van der Waals surface area contributed by atoms with Crippen LogP contribution in [0, 0.1) is 22.5 Å². The van der Waals surface area contributed by atoms with Crippen LogP contribution in [-0.4, -0.2) is 9.91 Å². The van der Waals surface area contributed by atoms with Crippen LogP contribution in [0.1, 0.15) is 0 Å². The largest absolute Gasteiger partial charge is 0.304 e. The quantitative estimate of drug-likeness (QED) is 0.461. The topological polar surface area (TPSA) is 60.4 Å². The maximum atomic E-state index is 13.5. The molecule has 0 fully saturated rings. The highest BCUT2D eigenvalue weighted by molar-refractivity contribution is 5.78. The fraction of sp³-hybridized carbons (Fsp3) is 0. The first kappa shape index (κ1) is 11.7. The predicted octanol–water partition coefficient (Wildman–Crippen LogP) is 3.35. The van der Waals surface area contributed by atoms with Crippen LogP contribution in [0.4, 0.5) is 15.8 Å². The van der Waals surface area contributed by atoms with Gasteiger partial charge in [-0.05, 0) is 23.8 Å². The van der Waals surface area contributed by atoms with E-state index in [0.29, 0.717) is 16.8 Å². The van der Waals surface area contributed by atoms with Gasteiger partial charge in [-0.1, -0.05) is 0 Å². The van der Waals surface area contributed by atoms with Gasteiger partial charge in [0.1, 0.15) is 0 Å². The first-order chi connectivity index (χ1) is 8.63. The molecule has 1 aromatic heterocycles. The molecule has 1 aromatic carbocycles. The lowest BCUT2D eigenvalue weighted by molar-refractivity contribution is -0.387. The first-order valence-corrected chi connectivity index (χ1v) is 4.89. The molecule has 0 aliphatic carbocycles. The van der Waals surface area contributed by atoms with Gasteiger partial charge in [0.15, 0.2) is 5.69 Å². The number of nitro groups is 1. The van der Waals surface area contributed by atoms with Gasteiger partial charge >= 0.3 is 5.69 Å². The molecule has 0 N–H and O–H groups in total. The molecular weight excluding hydrogens is 237 g/mol. The lowest BCUT2D eigenvalue weighted by atomic mass is 10.1. The molecule has 5 nitrogen and oxygen atoms in total. The molecule has 0 saturated carbocycles. The molecule has 0 aliphatic rings. The van der Waals surface area contributed by atoms with E-state index < -0.39 is 16.4 Å². The van der Waals surface area contributed by atoms with E-state index in [4.69, 9.17) is 6.57 Å². The zero-order valence-electron chi connectivity index (χ0n) is 9.00. The van der Waals surface area contributed by atoms with E-state index in [-0.39, 0.29) is 0 Å². The van der Waals surface area contributed by atoms with E-state index in [1.54, 1.807) is 0 Å². The van der Waals surface area contributed by atoms with Gasteiger partial charge in [-0.25, -0.2) is 4.85 Å². The molecule has 0 bridgehead atoms. The Morgan fingerprint density at radius 1 is 1.39 bits per heavy atom. The molecule has 0 atom stereocenters. The van der Waals surface area contributed by atoms with Gasteiger partial charge in [0.2, 0.25) is 5.82 Å². The van der Waals surface area contributed by atoms with Crippen molar-refractivity contribution in [3.63, 3.8) is 0 Å². The number of benzene rings is 1. The molecule has 2 rings (SSSR count). The molecule has 0 spiro atoms. The van der Waals surface area contributed by atoms with E-state index >= 15 is 0 Å². The Morgan fingerprint density at radius 3 is 2.78 bits per heavy atom. The van der Waals surface area contributed by atoms with E-state index in [0.717, 1.165) is 12.1 Å². The summed E-state index contributed by atoms with van der Waals surface area (Å²) in [6.45, 7) is 6.99. The first-order valence-electron chi connectivity index (χ1n) is 4.89.